The molecule has 2 N–H and O–H groups in total. The van der Waals surface area contributed by atoms with Gasteiger partial charge >= 0.3 is 0 Å². The Balaban J connectivity index is 2.01. The Labute approximate surface area is 131 Å². The minimum atomic E-state index is -0.0924. The molecule has 0 amide bonds. The molecule has 3 nitrogen and oxygen atoms in total. The zero-order valence-electron chi connectivity index (χ0n) is 12.8. The molecule has 0 aromatic heterocycles. The Bertz CT molecular complexity index is 692. The van der Waals surface area contributed by atoms with Gasteiger partial charge in [0.2, 0.25) is 0 Å². The van der Waals surface area contributed by atoms with E-state index in [1.54, 1.807) is 6.92 Å². The van der Waals surface area contributed by atoms with Crippen LogP contribution in [0.25, 0.3) is 0 Å². The summed E-state index contributed by atoms with van der Waals surface area (Å²) in [5.41, 5.74) is 4.01. The number of Topliss-reactive ketones (excluding diaryl/α,β-unsaturated/α-hetero) is 1. The van der Waals surface area contributed by atoms with Gasteiger partial charge in [-0.2, -0.15) is 0 Å². The van der Waals surface area contributed by atoms with Crippen molar-refractivity contribution in [1.82, 2.24) is 10.6 Å². The Morgan fingerprint density at radius 2 is 1.45 bits per heavy atom. The molecular weight excluding hydrogens is 272 g/mol. The third-order valence-corrected chi connectivity index (χ3v) is 4.03. The molecule has 112 valence electrons. The lowest BCUT2D eigenvalue weighted by Crippen LogP contribution is -2.43. The van der Waals surface area contributed by atoms with Gasteiger partial charge in [-0.05, 0) is 25.0 Å². The first-order valence-electron chi connectivity index (χ1n) is 7.51. The summed E-state index contributed by atoms with van der Waals surface area (Å²) in [4.78, 5) is 12.1. The van der Waals surface area contributed by atoms with Crippen LogP contribution >= 0.6 is 0 Å². The van der Waals surface area contributed by atoms with Gasteiger partial charge in [0.1, 0.15) is 6.17 Å². The maximum absolute atomic E-state index is 12.1. The molecular formula is C19H20N2O. The van der Waals surface area contributed by atoms with Crippen LogP contribution in [-0.4, -0.2) is 5.78 Å². The van der Waals surface area contributed by atoms with E-state index in [4.69, 9.17) is 0 Å². The molecule has 0 saturated heterocycles. The molecule has 0 saturated carbocycles. The number of carbonyl (C=O) groups is 1. The van der Waals surface area contributed by atoms with Gasteiger partial charge in [0.05, 0.1) is 6.04 Å². The van der Waals surface area contributed by atoms with Gasteiger partial charge in [-0.25, -0.2) is 0 Å². The molecule has 0 spiro atoms. The monoisotopic (exact) mass is 292 g/mol. The van der Waals surface area contributed by atoms with Crippen LogP contribution in [0.4, 0.5) is 0 Å². The van der Waals surface area contributed by atoms with Gasteiger partial charge in [0.15, 0.2) is 5.78 Å². The summed E-state index contributed by atoms with van der Waals surface area (Å²) in [5, 5.41) is 6.97. The standard InChI is InChI=1S/C19H20N2O/c1-13-17(14(2)22)18(15-9-5-3-6-10-15)21-19(20-13)16-11-7-4-8-12-16/h3-12,18-21H,1-2H3. The highest BCUT2D eigenvalue weighted by molar-refractivity contribution is 5.95. The van der Waals surface area contributed by atoms with Crippen molar-refractivity contribution in [3.8, 4) is 0 Å². The minimum Gasteiger partial charge on any atom is -0.369 e. The van der Waals surface area contributed by atoms with Gasteiger partial charge in [0.25, 0.3) is 0 Å². The predicted molar refractivity (Wildman–Crippen MR) is 88.0 cm³/mol. The highest BCUT2D eigenvalue weighted by Crippen LogP contribution is 2.31. The number of carbonyl (C=O) groups excluding carboxylic acids is 1. The topological polar surface area (TPSA) is 41.1 Å². The molecule has 22 heavy (non-hydrogen) atoms. The number of hydrogen-bond acceptors (Lipinski definition) is 3. The van der Waals surface area contributed by atoms with Gasteiger partial charge in [-0.3, -0.25) is 10.1 Å². The summed E-state index contributed by atoms with van der Waals surface area (Å²) in [6, 6.07) is 20.2. The fourth-order valence-electron chi connectivity index (χ4n) is 3.00. The highest BCUT2D eigenvalue weighted by atomic mass is 16.1. The average Bonchev–Trinajstić information content (AvgIpc) is 2.55. The molecule has 3 rings (SSSR count). The molecule has 0 fully saturated rings. The molecule has 1 aliphatic rings. The SMILES string of the molecule is CC(=O)C1=C(C)NC(c2ccccc2)NC1c1ccccc1. The van der Waals surface area contributed by atoms with Crippen LogP contribution in [-0.2, 0) is 4.79 Å². The molecule has 2 aromatic rings. The van der Waals surface area contributed by atoms with E-state index in [1.165, 1.54) is 0 Å². The predicted octanol–water partition coefficient (Wildman–Crippen LogP) is 3.48. The Morgan fingerprint density at radius 3 is 2.00 bits per heavy atom. The fraction of sp³-hybridized carbons (Fsp3) is 0.211. The zero-order valence-corrected chi connectivity index (χ0v) is 12.8. The Kier molecular flexibility index (Phi) is 4.07. The zero-order chi connectivity index (χ0) is 15.5. The first-order valence-corrected chi connectivity index (χ1v) is 7.51. The maximum Gasteiger partial charge on any atom is 0.159 e. The van der Waals surface area contributed by atoms with Crippen LogP contribution in [0.15, 0.2) is 71.9 Å². The maximum atomic E-state index is 12.1. The van der Waals surface area contributed by atoms with Crippen molar-refractivity contribution in [3.05, 3.63) is 83.1 Å². The molecule has 0 aliphatic carbocycles. The lowest BCUT2D eigenvalue weighted by molar-refractivity contribution is -0.114. The van der Waals surface area contributed by atoms with Crippen molar-refractivity contribution in [2.75, 3.05) is 0 Å². The molecule has 3 heteroatoms. The van der Waals surface area contributed by atoms with E-state index < -0.39 is 0 Å². The van der Waals surface area contributed by atoms with Crippen molar-refractivity contribution < 1.29 is 4.79 Å². The van der Waals surface area contributed by atoms with Gasteiger partial charge in [-0.15, -0.1) is 0 Å². The third-order valence-electron chi connectivity index (χ3n) is 4.03. The highest BCUT2D eigenvalue weighted by Gasteiger charge is 2.30. The molecule has 2 aromatic carbocycles. The van der Waals surface area contributed by atoms with Crippen LogP contribution in [0.5, 0.6) is 0 Å². The number of ketones is 1. The Morgan fingerprint density at radius 1 is 0.909 bits per heavy atom. The van der Waals surface area contributed by atoms with E-state index in [2.05, 4.69) is 34.9 Å². The van der Waals surface area contributed by atoms with Crippen molar-refractivity contribution in [3.63, 3.8) is 0 Å². The lowest BCUT2D eigenvalue weighted by atomic mass is 9.91. The third kappa shape index (κ3) is 2.81. The Hall–Kier alpha value is -2.39. The molecule has 2 atom stereocenters. The summed E-state index contributed by atoms with van der Waals surface area (Å²) in [5.74, 6) is 0.0952. The van der Waals surface area contributed by atoms with E-state index in [0.29, 0.717) is 0 Å². The van der Waals surface area contributed by atoms with E-state index in [9.17, 15) is 4.79 Å². The smallest absolute Gasteiger partial charge is 0.159 e. The number of benzene rings is 2. The van der Waals surface area contributed by atoms with Gasteiger partial charge < -0.3 is 5.32 Å². The van der Waals surface area contributed by atoms with Crippen LogP contribution in [0.3, 0.4) is 0 Å². The first kappa shape index (κ1) is 14.5. The van der Waals surface area contributed by atoms with Crippen LogP contribution in [0.2, 0.25) is 0 Å². The van der Waals surface area contributed by atoms with Crippen molar-refractivity contribution in [1.29, 1.82) is 0 Å². The van der Waals surface area contributed by atoms with Crippen molar-refractivity contribution in [2.24, 2.45) is 0 Å². The summed E-state index contributed by atoms with van der Waals surface area (Å²) in [6.45, 7) is 3.60. The lowest BCUT2D eigenvalue weighted by Gasteiger charge is -2.35. The van der Waals surface area contributed by atoms with Crippen molar-refractivity contribution in [2.45, 2.75) is 26.1 Å². The van der Waals surface area contributed by atoms with E-state index in [1.807, 2.05) is 43.3 Å². The average molecular weight is 292 g/mol. The summed E-state index contributed by atoms with van der Waals surface area (Å²) in [7, 11) is 0. The van der Waals surface area contributed by atoms with E-state index >= 15 is 0 Å². The van der Waals surface area contributed by atoms with Crippen LogP contribution in [0, 0.1) is 0 Å². The number of rotatable bonds is 3. The minimum absolute atomic E-state index is 0.00509. The van der Waals surface area contributed by atoms with E-state index in [-0.39, 0.29) is 18.0 Å². The van der Waals surface area contributed by atoms with Gasteiger partial charge in [0, 0.05) is 11.3 Å². The summed E-state index contributed by atoms with van der Waals surface area (Å²) in [6.07, 6.45) is -0.00509. The normalized spacial score (nSPS) is 21.4. The quantitative estimate of drug-likeness (QED) is 0.910. The van der Waals surface area contributed by atoms with Crippen LogP contribution < -0.4 is 10.6 Å². The molecule has 2 unspecified atom stereocenters. The van der Waals surface area contributed by atoms with Crippen molar-refractivity contribution >= 4 is 5.78 Å². The first-order chi connectivity index (χ1) is 10.7. The summed E-state index contributed by atoms with van der Waals surface area (Å²) < 4.78 is 0. The molecule has 0 radical (unpaired) electrons. The van der Waals surface area contributed by atoms with Crippen LogP contribution in [0.1, 0.15) is 37.2 Å². The summed E-state index contributed by atoms with van der Waals surface area (Å²) >= 11 is 0. The van der Waals surface area contributed by atoms with E-state index in [0.717, 1.165) is 22.4 Å². The second kappa shape index (κ2) is 6.16. The molecule has 1 heterocycles. The largest absolute Gasteiger partial charge is 0.369 e. The number of nitrogens with one attached hydrogen (secondary N) is 2. The fourth-order valence-corrected chi connectivity index (χ4v) is 3.00. The number of hydrogen-bond donors (Lipinski definition) is 2. The van der Waals surface area contributed by atoms with Gasteiger partial charge in [-0.1, -0.05) is 60.7 Å². The molecule has 0 bridgehead atoms. The number of allylic oxidation sites excluding steroid dienone is 1. The molecule has 1 aliphatic heterocycles. The second-order valence-corrected chi connectivity index (χ2v) is 5.59. The second-order valence-electron chi connectivity index (χ2n) is 5.59.